The zero-order valence-corrected chi connectivity index (χ0v) is 35.1. The van der Waals surface area contributed by atoms with E-state index in [2.05, 4.69) is 32.6 Å². The Morgan fingerprint density at radius 3 is 1.37 bits per heavy atom. The smallest absolute Gasteiger partial charge is 0.306 e. The number of hydrogen-bond acceptors (Lipinski definition) is 6. The molecule has 1 atom stereocenters. The maximum atomic E-state index is 12.4. The first kappa shape index (κ1) is 50.3. The van der Waals surface area contributed by atoms with E-state index in [-0.39, 0.29) is 25.0 Å². The summed E-state index contributed by atoms with van der Waals surface area (Å²) in [5.74, 6) is -0.00423. The normalized spacial score (nSPS) is 12.4. The van der Waals surface area contributed by atoms with E-state index in [0.717, 1.165) is 77.8 Å². The maximum absolute atomic E-state index is 12.4. The van der Waals surface area contributed by atoms with Gasteiger partial charge in [0.15, 0.2) is 6.29 Å². The van der Waals surface area contributed by atoms with E-state index in [9.17, 15) is 9.90 Å². The van der Waals surface area contributed by atoms with Gasteiger partial charge >= 0.3 is 5.97 Å². The van der Waals surface area contributed by atoms with Gasteiger partial charge < -0.3 is 24.2 Å². The van der Waals surface area contributed by atoms with Crippen LogP contribution in [0.1, 0.15) is 233 Å². The van der Waals surface area contributed by atoms with E-state index >= 15 is 0 Å². The molecule has 6 heteroatoms. The molecule has 0 aliphatic heterocycles. The first-order valence-electron chi connectivity index (χ1n) is 22.9. The topological polar surface area (TPSA) is 68.2 Å². The van der Waals surface area contributed by atoms with Crippen LogP contribution in [0, 0.1) is 0 Å². The molecule has 51 heavy (non-hydrogen) atoms. The molecule has 0 aromatic heterocycles. The molecular formula is C45H91NO5. The Labute approximate surface area is 319 Å². The Morgan fingerprint density at radius 1 is 0.490 bits per heavy atom. The van der Waals surface area contributed by atoms with Gasteiger partial charge in [0.2, 0.25) is 0 Å². The Bertz CT molecular complexity index is 659. The predicted molar refractivity (Wildman–Crippen MR) is 220 cm³/mol. The molecule has 0 aromatic carbocycles. The fraction of sp³-hybridized carbons (Fsp3) is 0.978. The average molecular weight is 726 g/mol. The molecule has 0 aliphatic carbocycles. The number of hydrogen-bond donors (Lipinski definition) is 1. The van der Waals surface area contributed by atoms with Crippen LogP contribution in [0.25, 0.3) is 0 Å². The highest BCUT2D eigenvalue weighted by atomic mass is 16.7. The monoisotopic (exact) mass is 726 g/mol. The molecule has 1 unspecified atom stereocenters. The maximum Gasteiger partial charge on any atom is 0.306 e. The summed E-state index contributed by atoms with van der Waals surface area (Å²) in [5, 5.41) is 9.60. The fourth-order valence-electron chi connectivity index (χ4n) is 6.94. The van der Waals surface area contributed by atoms with Crippen molar-refractivity contribution in [2.24, 2.45) is 0 Å². The highest BCUT2D eigenvalue weighted by Gasteiger charge is 2.13. The summed E-state index contributed by atoms with van der Waals surface area (Å²) < 4.78 is 18.2. The second-order valence-electron chi connectivity index (χ2n) is 15.4. The summed E-state index contributed by atoms with van der Waals surface area (Å²) in [7, 11) is 0. The van der Waals surface area contributed by atoms with Crippen LogP contribution in [0.2, 0.25) is 0 Å². The molecule has 0 radical (unpaired) electrons. The standard InChI is InChI=1S/C45H91NO5/c1-5-9-12-15-20-27-34-43(8-4)51-44(48)35-28-21-18-23-30-37-46(39-40-47)38-31-24-19-22-29-36-45(49-41-32-25-16-13-10-6-2)50-42-33-26-17-14-11-7-3/h43,45,47H,5-42H2,1-4H3. The average Bonchev–Trinajstić information content (AvgIpc) is 3.13. The van der Waals surface area contributed by atoms with Gasteiger partial charge in [-0.3, -0.25) is 4.79 Å². The van der Waals surface area contributed by atoms with E-state index in [1.165, 1.54) is 154 Å². The van der Waals surface area contributed by atoms with E-state index in [0.29, 0.717) is 6.42 Å². The molecule has 0 saturated heterocycles. The molecule has 0 saturated carbocycles. The van der Waals surface area contributed by atoms with Crippen LogP contribution in [0.15, 0.2) is 0 Å². The molecule has 306 valence electrons. The number of rotatable bonds is 43. The number of carbonyl (C=O) groups excluding carboxylic acids is 1. The zero-order valence-electron chi connectivity index (χ0n) is 35.1. The van der Waals surface area contributed by atoms with Crippen molar-refractivity contribution < 1.29 is 24.1 Å². The molecule has 0 fully saturated rings. The molecule has 0 rings (SSSR count). The highest BCUT2D eigenvalue weighted by Crippen LogP contribution is 2.16. The van der Waals surface area contributed by atoms with Crippen molar-refractivity contribution in [1.29, 1.82) is 0 Å². The van der Waals surface area contributed by atoms with Crippen LogP contribution < -0.4 is 0 Å². The van der Waals surface area contributed by atoms with Gasteiger partial charge in [0.25, 0.3) is 0 Å². The SMILES string of the molecule is CCCCCCCCOC(CCCCCCCN(CCO)CCCCCCCC(=O)OC(CC)CCCCCCCC)OCCCCCCCC. The summed E-state index contributed by atoms with van der Waals surface area (Å²) in [5.41, 5.74) is 0. The summed E-state index contributed by atoms with van der Waals surface area (Å²) in [6.07, 6.45) is 38.5. The Morgan fingerprint density at radius 2 is 0.902 bits per heavy atom. The Kier molecular flexibility index (Phi) is 41.5. The van der Waals surface area contributed by atoms with E-state index < -0.39 is 0 Å². The number of carbonyl (C=O) groups is 1. The molecule has 6 nitrogen and oxygen atoms in total. The fourth-order valence-corrected chi connectivity index (χ4v) is 6.94. The molecule has 0 aromatic rings. The summed E-state index contributed by atoms with van der Waals surface area (Å²) in [4.78, 5) is 14.8. The van der Waals surface area contributed by atoms with Crippen LogP contribution >= 0.6 is 0 Å². The second kappa shape index (κ2) is 42.1. The third-order valence-electron chi connectivity index (χ3n) is 10.4. The highest BCUT2D eigenvalue weighted by molar-refractivity contribution is 5.69. The Hall–Kier alpha value is -0.690. The van der Waals surface area contributed by atoms with Gasteiger partial charge in [0, 0.05) is 26.2 Å². The van der Waals surface area contributed by atoms with Crippen molar-refractivity contribution >= 4 is 5.97 Å². The molecule has 0 amide bonds. The second-order valence-corrected chi connectivity index (χ2v) is 15.4. The third kappa shape index (κ3) is 37.4. The number of aliphatic hydroxyl groups is 1. The van der Waals surface area contributed by atoms with Crippen molar-refractivity contribution in [3.63, 3.8) is 0 Å². The van der Waals surface area contributed by atoms with E-state index in [4.69, 9.17) is 14.2 Å². The minimum absolute atomic E-state index is 0.00423. The van der Waals surface area contributed by atoms with Crippen molar-refractivity contribution in [3.8, 4) is 0 Å². The molecule has 0 heterocycles. The largest absolute Gasteiger partial charge is 0.462 e. The number of nitrogens with zero attached hydrogens (tertiary/aromatic N) is 1. The lowest BCUT2D eigenvalue weighted by Gasteiger charge is -2.21. The van der Waals surface area contributed by atoms with Crippen molar-refractivity contribution in [2.45, 2.75) is 246 Å². The van der Waals surface area contributed by atoms with Gasteiger partial charge in [0.1, 0.15) is 6.10 Å². The minimum Gasteiger partial charge on any atom is -0.462 e. The summed E-state index contributed by atoms with van der Waals surface area (Å²) in [6, 6.07) is 0. The minimum atomic E-state index is -0.0294. The summed E-state index contributed by atoms with van der Waals surface area (Å²) in [6.45, 7) is 13.7. The lowest BCUT2D eigenvalue weighted by molar-refractivity contribution is -0.149. The third-order valence-corrected chi connectivity index (χ3v) is 10.4. The number of unbranched alkanes of at least 4 members (excludes halogenated alkanes) is 23. The van der Waals surface area contributed by atoms with Crippen LogP contribution in [0.3, 0.4) is 0 Å². The molecular weight excluding hydrogens is 634 g/mol. The number of aliphatic hydroxyl groups excluding tert-OH is 1. The van der Waals surface area contributed by atoms with Crippen LogP contribution in [0.4, 0.5) is 0 Å². The van der Waals surface area contributed by atoms with Crippen LogP contribution in [-0.4, -0.2) is 67.8 Å². The molecule has 0 aliphatic rings. The number of esters is 1. The first-order chi connectivity index (χ1) is 25.1. The predicted octanol–water partition coefficient (Wildman–Crippen LogP) is 13.1. The van der Waals surface area contributed by atoms with Crippen molar-refractivity contribution in [3.05, 3.63) is 0 Å². The van der Waals surface area contributed by atoms with Gasteiger partial charge in [-0.25, -0.2) is 0 Å². The lowest BCUT2D eigenvalue weighted by Crippen LogP contribution is -2.29. The molecule has 0 bridgehead atoms. The van der Waals surface area contributed by atoms with Crippen LogP contribution in [-0.2, 0) is 19.0 Å². The lowest BCUT2D eigenvalue weighted by atomic mass is 10.1. The van der Waals surface area contributed by atoms with Crippen molar-refractivity contribution in [1.82, 2.24) is 4.90 Å². The Balaban J connectivity index is 4.04. The van der Waals surface area contributed by atoms with Gasteiger partial charge in [0.05, 0.1) is 6.61 Å². The van der Waals surface area contributed by atoms with Gasteiger partial charge in [-0.2, -0.15) is 0 Å². The van der Waals surface area contributed by atoms with Crippen molar-refractivity contribution in [2.75, 3.05) is 39.5 Å². The quantitative estimate of drug-likeness (QED) is 0.0383. The van der Waals surface area contributed by atoms with Gasteiger partial charge in [-0.15, -0.1) is 0 Å². The zero-order chi connectivity index (χ0) is 37.3. The molecule has 1 N–H and O–H groups in total. The van der Waals surface area contributed by atoms with E-state index in [1.54, 1.807) is 0 Å². The first-order valence-corrected chi connectivity index (χ1v) is 22.9. The van der Waals surface area contributed by atoms with E-state index in [1.807, 2.05) is 0 Å². The van der Waals surface area contributed by atoms with Gasteiger partial charge in [-0.05, 0) is 77.3 Å². The van der Waals surface area contributed by atoms with Gasteiger partial charge in [-0.1, -0.05) is 163 Å². The molecule has 0 spiro atoms. The van der Waals surface area contributed by atoms with Crippen LogP contribution in [0.5, 0.6) is 0 Å². The number of ether oxygens (including phenoxy) is 3. The summed E-state index contributed by atoms with van der Waals surface area (Å²) >= 11 is 0.